The van der Waals surface area contributed by atoms with E-state index in [9.17, 15) is 5.11 Å². The summed E-state index contributed by atoms with van der Waals surface area (Å²) in [4.78, 5) is 0. The summed E-state index contributed by atoms with van der Waals surface area (Å²) in [5.74, 6) is 0. The number of benzene rings is 1. The predicted octanol–water partition coefficient (Wildman–Crippen LogP) is 2.72. The summed E-state index contributed by atoms with van der Waals surface area (Å²) in [7, 11) is 0. The van der Waals surface area contributed by atoms with Crippen molar-refractivity contribution in [1.29, 1.82) is 0 Å². The quantitative estimate of drug-likeness (QED) is 0.781. The monoisotopic (exact) mass is 202 g/mol. The highest BCUT2D eigenvalue weighted by molar-refractivity contribution is 5.44. The first-order valence-corrected chi connectivity index (χ1v) is 5.78. The van der Waals surface area contributed by atoms with Crippen molar-refractivity contribution >= 4 is 0 Å². The van der Waals surface area contributed by atoms with Gasteiger partial charge in [-0.2, -0.15) is 0 Å². The van der Waals surface area contributed by atoms with Crippen LogP contribution in [0.4, 0.5) is 0 Å². The van der Waals surface area contributed by atoms with Crippen molar-refractivity contribution < 1.29 is 5.11 Å². The van der Waals surface area contributed by atoms with Gasteiger partial charge in [-0.3, -0.25) is 0 Å². The van der Waals surface area contributed by atoms with Crippen LogP contribution in [-0.2, 0) is 5.41 Å². The lowest BCUT2D eigenvalue weighted by Crippen LogP contribution is -2.66. The minimum atomic E-state index is 0.316. The maximum Gasteiger partial charge on any atom is 0.0488 e. The van der Waals surface area contributed by atoms with E-state index in [0.29, 0.717) is 17.4 Å². The molecule has 0 atom stereocenters. The van der Waals surface area contributed by atoms with E-state index in [0.717, 1.165) is 0 Å². The Bertz CT molecular complexity index is 400. The third kappa shape index (κ3) is 1.07. The fourth-order valence-electron chi connectivity index (χ4n) is 3.76. The van der Waals surface area contributed by atoms with E-state index in [1.54, 1.807) is 0 Å². The van der Waals surface area contributed by atoms with Gasteiger partial charge in [0.2, 0.25) is 0 Å². The molecule has 0 saturated heterocycles. The van der Waals surface area contributed by atoms with Crippen LogP contribution in [0.25, 0.3) is 0 Å². The molecular formula is C14H18O. The fourth-order valence-corrected chi connectivity index (χ4v) is 3.76. The van der Waals surface area contributed by atoms with E-state index >= 15 is 0 Å². The summed E-state index contributed by atoms with van der Waals surface area (Å²) in [5, 5.41) is 9.27. The van der Waals surface area contributed by atoms with Crippen LogP contribution in [-0.4, -0.2) is 11.7 Å². The van der Waals surface area contributed by atoms with Crippen LogP contribution in [0, 0.1) is 19.3 Å². The van der Waals surface area contributed by atoms with Gasteiger partial charge in [0.25, 0.3) is 0 Å². The molecule has 1 N–H and O–H groups in total. The van der Waals surface area contributed by atoms with Gasteiger partial charge < -0.3 is 5.11 Å². The van der Waals surface area contributed by atoms with Gasteiger partial charge in [0, 0.05) is 6.61 Å². The smallest absolute Gasteiger partial charge is 0.0488 e. The molecule has 15 heavy (non-hydrogen) atoms. The van der Waals surface area contributed by atoms with Gasteiger partial charge in [-0.25, -0.2) is 0 Å². The Morgan fingerprint density at radius 2 is 1.87 bits per heavy atom. The maximum atomic E-state index is 9.27. The Morgan fingerprint density at radius 3 is 2.47 bits per heavy atom. The standard InChI is InChI=1S/C14H18O/c1-10-3-4-11(2)12(5-10)14-6-13(7-14,8-14)9-15/h3-5,15H,6-9H2,1-2H3. The lowest BCUT2D eigenvalue weighted by Gasteiger charge is -2.71. The summed E-state index contributed by atoms with van der Waals surface area (Å²) >= 11 is 0. The highest BCUT2D eigenvalue weighted by Crippen LogP contribution is 2.73. The molecular weight excluding hydrogens is 184 g/mol. The van der Waals surface area contributed by atoms with Crippen LogP contribution in [0.1, 0.15) is 36.0 Å². The Kier molecular flexibility index (Phi) is 1.66. The molecule has 2 bridgehead atoms. The van der Waals surface area contributed by atoms with E-state index in [-0.39, 0.29) is 0 Å². The lowest BCUT2D eigenvalue weighted by molar-refractivity contribution is -0.168. The van der Waals surface area contributed by atoms with Gasteiger partial charge in [-0.15, -0.1) is 0 Å². The van der Waals surface area contributed by atoms with Crippen molar-refractivity contribution in [3.8, 4) is 0 Å². The average molecular weight is 202 g/mol. The van der Waals surface area contributed by atoms with Crippen molar-refractivity contribution in [3.63, 3.8) is 0 Å². The molecule has 0 aromatic heterocycles. The van der Waals surface area contributed by atoms with Gasteiger partial charge in [0.05, 0.1) is 0 Å². The molecule has 0 heterocycles. The van der Waals surface area contributed by atoms with Crippen LogP contribution in [0.2, 0.25) is 0 Å². The van der Waals surface area contributed by atoms with Crippen molar-refractivity contribution in [2.24, 2.45) is 5.41 Å². The third-order valence-electron chi connectivity index (χ3n) is 4.44. The van der Waals surface area contributed by atoms with E-state index in [1.807, 2.05) is 0 Å². The second-order valence-corrected chi connectivity index (χ2v) is 5.79. The van der Waals surface area contributed by atoms with Crippen LogP contribution in [0.3, 0.4) is 0 Å². The summed E-state index contributed by atoms with van der Waals surface area (Å²) < 4.78 is 0. The zero-order valence-electron chi connectivity index (χ0n) is 9.51. The first-order chi connectivity index (χ1) is 7.09. The van der Waals surface area contributed by atoms with E-state index in [4.69, 9.17) is 0 Å². The zero-order chi connectivity index (χ0) is 10.7. The number of aryl methyl sites for hydroxylation is 2. The van der Waals surface area contributed by atoms with Crippen LogP contribution >= 0.6 is 0 Å². The molecule has 1 nitrogen and oxygen atoms in total. The Morgan fingerprint density at radius 1 is 1.20 bits per heavy atom. The van der Waals surface area contributed by atoms with Crippen molar-refractivity contribution in [1.82, 2.24) is 0 Å². The minimum Gasteiger partial charge on any atom is -0.396 e. The van der Waals surface area contributed by atoms with Crippen LogP contribution < -0.4 is 0 Å². The van der Waals surface area contributed by atoms with Crippen LogP contribution in [0.5, 0.6) is 0 Å². The molecule has 0 unspecified atom stereocenters. The molecule has 0 amide bonds. The first kappa shape index (κ1) is 9.41. The van der Waals surface area contributed by atoms with E-state index < -0.39 is 0 Å². The molecule has 3 aliphatic carbocycles. The topological polar surface area (TPSA) is 20.2 Å². The summed E-state index contributed by atoms with van der Waals surface area (Å²) in [6.45, 7) is 4.76. The van der Waals surface area contributed by atoms with Crippen LogP contribution in [0.15, 0.2) is 18.2 Å². The molecule has 3 fully saturated rings. The molecule has 1 aromatic carbocycles. The van der Waals surface area contributed by atoms with Gasteiger partial charge in [-0.1, -0.05) is 23.8 Å². The molecule has 4 rings (SSSR count). The van der Waals surface area contributed by atoms with Gasteiger partial charge in [0.1, 0.15) is 0 Å². The van der Waals surface area contributed by atoms with Gasteiger partial charge in [0.15, 0.2) is 0 Å². The maximum absolute atomic E-state index is 9.27. The number of rotatable bonds is 2. The highest BCUT2D eigenvalue weighted by Gasteiger charge is 2.67. The highest BCUT2D eigenvalue weighted by atomic mass is 16.3. The Hall–Kier alpha value is -0.820. The van der Waals surface area contributed by atoms with Crippen molar-refractivity contribution in [2.75, 3.05) is 6.61 Å². The molecule has 0 radical (unpaired) electrons. The lowest BCUT2D eigenvalue weighted by atomic mass is 9.33. The Balaban J connectivity index is 1.93. The molecule has 3 aliphatic rings. The van der Waals surface area contributed by atoms with Gasteiger partial charge >= 0.3 is 0 Å². The number of aliphatic hydroxyl groups excluding tert-OH is 1. The summed E-state index contributed by atoms with van der Waals surface area (Å²) in [5.41, 5.74) is 5.08. The average Bonchev–Trinajstić information content (AvgIpc) is 2.07. The SMILES string of the molecule is Cc1ccc(C)c(C23CC(CO)(C2)C3)c1. The summed E-state index contributed by atoms with van der Waals surface area (Å²) in [6, 6.07) is 6.76. The normalized spacial score (nSPS) is 37.0. The number of hydrogen-bond acceptors (Lipinski definition) is 1. The molecule has 0 spiro atoms. The predicted molar refractivity (Wildman–Crippen MR) is 61.0 cm³/mol. The molecule has 1 heteroatoms. The molecule has 80 valence electrons. The number of aliphatic hydroxyl groups is 1. The fraction of sp³-hybridized carbons (Fsp3) is 0.571. The van der Waals surface area contributed by atoms with Gasteiger partial charge in [-0.05, 0) is 55.1 Å². The molecule has 1 aromatic rings. The van der Waals surface area contributed by atoms with Crippen molar-refractivity contribution in [2.45, 2.75) is 38.5 Å². The number of hydrogen-bond donors (Lipinski definition) is 1. The first-order valence-electron chi connectivity index (χ1n) is 5.78. The van der Waals surface area contributed by atoms with E-state index in [1.165, 1.54) is 36.0 Å². The largest absolute Gasteiger partial charge is 0.396 e. The zero-order valence-corrected chi connectivity index (χ0v) is 9.51. The third-order valence-corrected chi connectivity index (χ3v) is 4.44. The Labute approximate surface area is 91.1 Å². The van der Waals surface area contributed by atoms with Crippen molar-refractivity contribution in [3.05, 3.63) is 34.9 Å². The minimum absolute atomic E-state index is 0.316. The second kappa shape index (κ2) is 2.65. The second-order valence-electron chi connectivity index (χ2n) is 5.79. The summed E-state index contributed by atoms with van der Waals surface area (Å²) in [6.07, 6.45) is 3.63. The molecule has 0 aliphatic heterocycles. The van der Waals surface area contributed by atoms with E-state index in [2.05, 4.69) is 32.0 Å². The molecule has 3 saturated carbocycles.